The second kappa shape index (κ2) is 11.7. The number of anilines is 2. The molecule has 1 aliphatic rings. The van der Waals surface area contributed by atoms with E-state index in [2.05, 4.69) is 10.3 Å². The summed E-state index contributed by atoms with van der Waals surface area (Å²) in [6.45, 7) is 4.47. The van der Waals surface area contributed by atoms with Crippen LogP contribution >= 0.6 is 0 Å². The molecule has 0 bridgehead atoms. The normalized spacial score (nSPS) is 14.7. The van der Waals surface area contributed by atoms with E-state index >= 15 is 0 Å². The van der Waals surface area contributed by atoms with E-state index in [1.54, 1.807) is 43.3 Å². The van der Waals surface area contributed by atoms with E-state index < -0.39 is 12.0 Å². The number of piperidine rings is 1. The van der Waals surface area contributed by atoms with Crippen LogP contribution < -0.4 is 14.8 Å². The molecule has 0 amide bonds. The molecule has 1 aromatic heterocycles. The number of hydrogen-bond acceptors (Lipinski definition) is 9. The molecular formula is C23H30FN3O6. The first-order chi connectivity index (χ1) is 15.9. The Kier molecular flexibility index (Phi) is 8.67. The van der Waals surface area contributed by atoms with Crippen LogP contribution in [0.4, 0.5) is 20.7 Å². The van der Waals surface area contributed by atoms with Gasteiger partial charge in [0, 0.05) is 44.8 Å². The molecule has 0 radical (unpaired) electrons. The molecule has 0 saturated carbocycles. The Morgan fingerprint density at radius 3 is 2.70 bits per heavy atom. The standard InChI is InChI=1S/C23H30FN3O6/c1-15(2)31-23(29)33-27-11-7-17(8-12-27)32-20-6-10-25-22(21(20)30-3)26-19-5-4-16(9-13-28)14-18(19)24/h4-6,10,14-15,17,28H,7-9,11-13H2,1-3H3,(H,25,26). The zero-order chi connectivity index (χ0) is 23.8. The lowest BCUT2D eigenvalue weighted by molar-refractivity contribution is -0.151. The maximum Gasteiger partial charge on any atom is 0.528 e. The fraction of sp³-hybridized carbons (Fsp3) is 0.478. The van der Waals surface area contributed by atoms with Gasteiger partial charge in [0.25, 0.3) is 0 Å². The minimum Gasteiger partial charge on any atom is -0.490 e. The molecule has 9 nitrogen and oxygen atoms in total. The molecule has 1 aromatic carbocycles. The number of nitrogens with one attached hydrogen (secondary N) is 1. The first-order valence-corrected chi connectivity index (χ1v) is 10.9. The summed E-state index contributed by atoms with van der Waals surface area (Å²) in [5.41, 5.74) is 0.934. The molecule has 0 atom stereocenters. The monoisotopic (exact) mass is 463 g/mol. The number of aliphatic hydroxyl groups excluding tert-OH is 1. The molecular weight excluding hydrogens is 433 g/mol. The van der Waals surface area contributed by atoms with E-state index in [4.69, 9.17) is 24.2 Å². The first kappa shape index (κ1) is 24.5. The molecule has 1 fully saturated rings. The van der Waals surface area contributed by atoms with Gasteiger partial charge < -0.3 is 29.5 Å². The third-order valence-corrected chi connectivity index (χ3v) is 4.99. The number of nitrogens with zero attached hydrogens (tertiary/aromatic N) is 2. The highest BCUT2D eigenvalue weighted by Crippen LogP contribution is 2.37. The van der Waals surface area contributed by atoms with Crippen molar-refractivity contribution in [3.8, 4) is 11.5 Å². The van der Waals surface area contributed by atoms with E-state index in [0.29, 0.717) is 55.2 Å². The number of pyridine rings is 1. The summed E-state index contributed by atoms with van der Waals surface area (Å²) in [4.78, 5) is 21.1. The Balaban J connectivity index is 1.62. The number of carbonyl (C=O) groups is 1. The first-order valence-electron chi connectivity index (χ1n) is 10.9. The van der Waals surface area contributed by atoms with Gasteiger partial charge in [0.1, 0.15) is 11.9 Å². The predicted molar refractivity (Wildman–Crippen MR) is 119 cm³/mol. The fourth-order valence-corrected chi connectivity index (χ4v) is 3.42. The van der Waals surface area contributed by atoms with Gasteiger partial charge in [-0.2, -0.15) is 0 Å². The van der Waals surface area contributed by atoms with Gasteiger partial charge in [0.2, 0.25) is 5.75 Å². The Hall–Kier alpha value is -3.11. The summed E-state index contributed by atoms with van der Waals surface area (Å²) < 4.78 is 31.1. The second-order valence-electron chi connectivity index (χ2n) is 7.86. The lowest BCUT2D eigenvalue weighted by Crippen LogP contribution is -2.39. The van der Waals surface area contributed by atoms with Crippen molar-refractivity contribution in [2.24, 2.45) is 0 Å². The Bertz CT molecular complexity index is 934. The molecule has 1 aliphatic heterocycles. The summed E-state index contributed by atoms with van der Waals surface area (Å²) in [7, 11) is 1.49. The minimum absolute atomic E-state index is 0.0476. The van der Waals surface area contributed by atoms with Gasteiger partial charge in [-0.15, -0.1) is 5.06 Å². The van der Waals surface area contributed by atoms with Gasteiger partial charge in [-0.3, -0.25) is 0 Å². The lowest BCUT2D eigenvalue weighted by atomic mass is 10.1. The lowest BCUT2D eigenvalue weighted by Gasteiger charge is -2.30. The highest BCUT2D eigenvalue weighted by atomic mass is 19.1. The summed E-state index contributed by atoms with van der Waals surface area (Å²) in [5.74, 6) is 0.696. The zero-order valence-corrected chi connectivity index (χ0v) is 19.0. The molecule has 3 rings (SSSR count). The zero-order valence-electron chi connectivity index (χ0n) is 19.0. The number of aliphatic hydroxyl groups is 1. The number of halogens is 1. The van der Waals surface area contributed by atoms with E-state index in [1.807, 2.05) is 0 Å². The number of benzene rings is 1. The van der Waals surface area contributed by atoms with Crippen molar-refractivity contribution in [1.29, 1.82) is 0 Å². The SMILES string of the molecule is COc1c(OC2CCN(OC(=O)OC(C)C)CC2)ccnc1Nc1ccc(CCO)cc1F. The molecule has 2 heterocycles. The highest BCUT2D eigenvalue weighted by Gasteiger charge is 2.25. The van der Waals surface area contributed by atoms with Crippen molar-refractivity contribution in [2.45, 2.75) is 45.3 Å². The van der Waals surface area contributed by atoms with E-state index in [-0.39, 0.29) is 24.5 Å². The largest absolute Gasteiger partial charge is 0.528 e. The second-order valence-corrected chi connectivity index (χ2v) is 7.86. The van der Waals surface area contributed by atoms with Gasteiger partial charge in [-0.05, 0) is 38.0 Å². The third kappa shape index (κ3) is 6.93. The van der Waals surface area contributed by atoms with Crippen molar-refractivity contribution in [2.75, 3.05) is 32.1 Å². The summed E-state index contributed by atoms with van der Waals surface area (Å²) in [6, 6.07) is 6.39. The van der Waals surface area contributed by atoms with Crippen molar-refractivity contribution >= 4 is 17.7 Å². The smallest absolute Gasteiger partial charge is 0.490 e. The molecule has 180 valence electrons. The van der Waals surface area contributed by atoms with E-state index in [0.717, 1.165) is 0 Å². The number of hydrogen-bond donors (Lipinski definition) is 2. The van der Waals surface area contributed by atoms with Crippen LogP contribution in [0.3, 0.4) is 0 Å². The molecule has 2 aromatic rings. The minimum atomic E-state index is -0.715. The van der Waals surface area contributed by atoms with Crippen LogP contribution in [0.25, 0.3) is 0 Å². The highest BCUT2D eigenvalue weighted by molar-refractivity contribution is 5.66. The number of rotatable bonds is 9. The van der Waals surface area contributed by atoms with Gasteiger partial charge in [0.15, 0.2) is 11.6 Å². The fourth-order valence-electron chi connectivity index (χ4n) is 3.42. The average molecular weight is 464 g/mol. The van der Waals surface area contributed by atoms with E-state index in [1.165, 1.54) is 13.2 Å². The molecule has 0 unspecified atom stereocenters. The van der Waals surface area contributed by atoms with Crippen molar-refractivity contribution in [1.82, 2.24) is 10.0 Å². The van der Waals surface area contributed by atoms with Crippen LogP contribution in [-0.4, -0.2) is 60.3 Å². The van der Waals surface area contributed by atoms with Gasteiger partial charge in [-0.25, -0.2) is 14.2 Å². The molecule has 33 heavy (non-hydrogen) atoms. The number of hydroxylamine groups is 2. The molecule has 0 spiro atoms. The number of methoxy groups -OCH3 is 1. The Morgan fingerprint density at radius 2 is 2.06 bits per heavy atom. The van der Waals surface area contributed by atoms with E-state index in [9.17, 15) is 9.18 Å². The van der Waals surface area contributed by atoms with Gasteiger partial charge >= 0.3 is 6.16 Å². The maximum absolute atomic E-state index is 14.5. The average Bonchev–Trinajstić information content (AvgIpc) is 2.77. The molecule has 1 saturated heterocycles. The summed E-state index contributed by atoms with van der Waals surface area (Å²) >= 11 is 0. The van der Waals surface area contributed by atoms with Gasteiger partial charge in [-0.1, -0.05) is 6.07 Å². The Morgan fingerprint density at radius 1 is 1.30 bits per heavy atom. The van der Waals surface area contributed by atoms with Crippen LogP contribution in [0.2, 0.25) is 0 Å². The number of aromatic nitrogens is 1. The summed E-state index contributed by atoms with van der Waals surface area (Å²) in [5, 5.41) is 13.5. The molecule has 2 N–H and O–H groups in total. The van der Waals surface area contributed by atoms with Crippen LogP contribution in [0.5, 0.6) is 11.5 Å². The van der Waals surface area contributed by atoms with Crippen LogP contribution in [0.1, 0.15) is 32.3 Å². The molecule has 10 heteroatoms. The number of carbonyl (C=O) groups excluding carboxylic acids is 1. The Labute approximate surface area is 192 Å². The van der Waals surface area contributed by atoms with Gasteiger partial charge in [0.05, 0.1) is 18.9 Å². The third-order valence-electron chi connectivity index (χ3n) is 4.99. The molecule has 0 aliphatic carbocycles. The maximum atomic E-state index is 14.5. The van der Waals surface area contributed by atoms with Crippen LogP contribution in [0.15, 0.2) is 30.5 Å². The van der Waals surface area contributed by atoms with Crippen LogP contribution in [0, 0.1) is 5.82 Å². The predicted octanol–water partition coefficient (Wildman–Crippen LogP) is 3.83. The topological polar surface area (TPSA) is 102 Å². The summed E-state index contributed by atoms with van der Waals surface area (Å²) in [6.07, 6.45) is 2.11. The van der Waals surface area contributed by atoms with Crippen molar-refractivity contribution < 1.29 is 33.3 Å². The quantitative estimate of drug-likeness (QED) is 0.537. The van der Waals surface area contributed by atoms with Crippen molar-refractivity contribution in [3.05, 3.63) is 41.8 Å². The van der Waals surface area contributed by atoms with Crippen molar-refractivity contribution in [3.63, 3.8) is 0 Å². The number of ether oxygens (including phenoxy) is 3. The van der Waals surface area contributed by atoms with Crippen LogP contribution in [-0.2, 0) is 16.0 Å².